The van der Waals surface area contributed by atoms with Crippen LogP contribution in [0.1, 0.15) is 74.3 Å². The van der Waals surface area contributed by atoms with Crippen LogP contribution in [-0.2, 0) is 19.8 Å². The van der Waals surface area contributed by atoms with Gasteiger partial charge in [-0.2, -0.15) is 0 Å². The number of rotatable bonds is 10. The van der Waals surface area contributed by atoms with Crippen molar-refractivity contribution in [3.8, 4) is 0 Å². The number of hydrogen-bond donors (Lipinski definition) is 1. The van der Waals surface area contributed by atoms with E-state index in [-0.39, 0.29) is 41.0 Å². The third-order valence-corrected chi connectivity index (χ3v) is 7.13. The summed E-state index contributed by atoms with van der Waals surface area (Å²) >= 11 is 0. The second-order valence-electron chi connectivity index (χ2n) is 11.5. The molecule has 0 bridgehead atoms. The van der Waals surface area contributed by atoms with Gasteiger partial charge in [-0.3, -0.25) is 14.4 Å². The van der Waals surface area contributed by atoms with E-state index in [1.165, 1.54) is 6.92 Å². The summed E-state index contributed by atoms with van der Waals surface area (Å²) in [5.74, 6) is -0.431. The van der Waals surface area contributed by atoms with Crippen LogP contribution in [0, 0.1) is 17.3 Å². The van der Waals surface area contributed by atoms with Crippen molar-refractivity contribution in [2.45, 2.75) is 86.2 Å². The van der Waals surface area contributed by atoms with Crippen molar-refractivity contribution >= 4 is 17.7 Å². The SMILES string of the molecule is CC[C@H](C(=O)N[C@H](C(=O)N(C)[C@H](CN(C)C(C)=O)C(C)C)C(C)(C)C)C(C)(C)c1ccccc1. The lowest BCUT2D eigenvalue weighted by Crippen LogP contribution is -2.59. The van der Waals surface area contributed by atoms with E-state index in [1.807, 2.05) is 59.7 Å². The summed E-state index contributed by atoms with van der Waals surface area (Å²) in [6, 6.07) is 9.20. The first-order valence-corrected chi connectivity index (χ1v) is 12.4. The van der Waals surface area contributed by atoms with Gasteiger partial charge in [-0.15, -0.1) is 0 Å². The molecule has 0 spiro atoms. The molecule has 0 aliphatic carbocycles. The van der Waals surface area contributed by atoms with E-state index in [4.69, 9.17) is 0 Å². The average Bonchev–Trinajstić information content (AvgIpc) is 2.74. The number of amides is 3. The van der Waals surface area contributed by atoms with E-state index in [0.717, 1.165) is 5.56 Å². The van der Waals surface area contributed by atoms with Gasteiger partial charge in [-0.05, 0) is 23.3 Å². The topological polar surface area (TPSA) is 69.7 Å². The molecule has 0 aliphatic heterocycles. The van der Waals surface area contributed by atoms with Crippen LogP contribution in [0.2, 0.25) is 0 Å². The average molecular weight is 474 g/mol. The molecule has 0 saturated heterocycles. The van der Waals surface area contributed by atoms with Gasteiger partial charge in [0, 0.05) is 38.9 Å². The minimum absolute atomic E-state index is 0.0406. The zero-order valence-electron chi connectivity index (χ0n) is 23.2. The Balaban J connectivity index is 3.22. The van der Waals surface area contributed by atoms with E-state index >= 15 is 0 Å². The first-order valence-electron chi connectivity index (χ1n) is 12.4. The fraction of sp³-hybridized carbons (Fsp3) is 0.679. The lowest BCUT2D eigenvalue weighted by atomic mass is 9.71. The zero-order valence-corrected chi connectivity index (χ0v) is 23.2. The monoisotopic (exact) mass is 473 g/mol. The Morgan fingerprint density at radius 2 is 1.50 bits per heavy atom. The standard InChI is InChI=1S/C28H47N3O3/c1-12-22(28(8,9)21-16-14-13-15-17-21)25(33)29-24(27(5,6)7)26(34)31(11)23(19(2)3)18-30(10)20(4)32/h13-17,19,22-24H,12,18H2,1-11H3,(H,29,33)/t22-,23-,24-/m1/s1. The second kappa shape index (κ2) is 11.9. The van der Waals surface area contributed by atoms with Gasteiger partial charge < -0.3 is 15.1 Å². The van der Waals surface area contributed by atoms with E-state index in [2.05, 4.69) is 31.3 Å². The Bertz CT molecular complexity index is 827. The Labute approximate surface area is 207 Å². The number of nitrogens with one attached hydrogen (secondary N) is 1. The van der Waals surface area contributed by atoms with Crippen LogP contribution in [0.5, 0.6) is 0 Å². The third kappa shape index (κ3) is 7.31. The molecule has 3 amide bonds. The Hall–Kier alpha value is -2.37. The minimum Gasteiger partial charge on any atom is -0.344 e. The van der Waals surface area contributed by atoms with Gasteiger partial charge in [-0.1, -0.05) is 85.7 Å². The molecular weight excluding hydrogens is 426 g/mol. The van der Waals surface area contributed by atoms with Crippen molar-refractivity contribution in [3.05, 3.63) is 35.9 Å². The number of likely N-dealkylation sites (N-methyl/N-ethyl adjacent to an activating group) is 2. The largest absolute Gasteiger partial charge is 0.344 e. The predicted octanol–water partition coefficient (Wildman–Crippen LogP) is 4.48. The van der Waals surface area contributed by atoms with Gasteiger partial charge in [0.1, 0.15) is 6.04 Å². The maximum atomic E-state index is 13.8. The highest BCUT2D eigenvalue weighted by Crippen LogP contribution is 2.34. The molecule has 1 aromatic carbocycles. The number of carbonyl (C=O) groups is 3. The third-order valence-electron chi connectivity index (χ3n) is 7.13. The first kappa shape index (κ1) is 29.7. The molecule has 0 unspecified atom stereocenters. The summed E-state index contributed by atoms with van der Waals surface area (Å²) in [5.41, 5.74) is 0.228. The number of benzene rings is 1. The fourth-order valence-corrected chi connectivity index (χ4v) is 4.54. The van der Waals surface area contributed by atoms with Crippen LogP contribution in [0.4, 0.5) is 0 Å². The molecule has 1 N–H and O–H groups in total. The smallest absolute Gasteiger partial charge is 0.245 e. The fourth-order valence-electron chi connectivity index (χ4n) is 4.54. The van der Waals surface area contributed by atoms with Crippen molar-refractivity contribution in [1.29, 1.82) is 0 Å². The van der Waals surface area contributed by atoms with Crippen LogP contribution in [0.25, 0.3) is 0 Å². The van der Waals surface area contributed by atoms with E-state index in [9.17, 15) is 14.4 Å². The molecular formula is C28H47N3O3. The van der Waals surface area contributed by atoms with E-state index in [0.29, 0.717) is 13.0 Å². The highest BCUT2D eigenvalue weighted by Gasteiger charge is 2.41. The van der Waals surface area contributed by atoms with Crippen molar-refractivity contribution in [2.75, 3.05) is 20.6 Å². The molecule has 0 fully saturated rings. The van der Waals surface area contributed by atoms with Crippen LogP contribution in [0.15, 0.2) is 30.3 Å². The maximum Gasteiger partial charge on any atom is 0.245 e. The van der Waals surface area contributed by atoms with Crippen molar-refractivity contribution < 1.29 is 14.4 Å². The molecule has 0 heterocycles. The lowest BCUT2D eigenvalue weighted by Gasteiger charge is -2.41. The molecule has 0 aromatic heterocycles. The quantitative estimate of drug-likeness (QED) is 0.545. The zero-order chi connectivity index (χ0) is 26.4. The molecule has 1 aromatic rings. The van der Waals surface area contributed by atoms with Crippen molar-refractivity contribution in [1.82, 2.24) is 15.1 Å². The summed E-state index contributed by atoms with van der Waals surface area (Å²) < 4.78 is 0. The summed E-state index contributed by atoms with van der Waals surface area (Å²) in [6.07, 6.45) is 0.659. The van der Waals surface area contributed by atoms with Gasteiger partial charge in [0.05, 0.1) is 6.04 Å². The van der Waals surface area contributed by atoms with E-state index in [1.54, 1.807) is 23.9 Å². The van der Waals surface area contributed by atoms with Crippen molar-refractivity contribution in [3.63, 3.8) is 0 Å². The number of carbonyl (C=O) groups excluding carboxylic acids is 3. The Morgan fingerprint density at radius 3 is 1.91 bits per heavy atom. The lowest BCUT2D eigenvalue weighted by molar-refractivity contribution is -0.143. The normalized spacial score (nSPS) is 14.8. The van der Waals surface area contributed by atoms with E-state index < -0.39 is 11.5 Å². The maximum absolute atomic E-state index is 13.8. The van der Waals surface area contributed by atoms with Crippen LogP contribution >= 0.6 is 0 Å². The predicted molar refractivity (Wildman–Crippen MR) is 139 cm³/mol. The molecule has 1 rings (SSSR count). The van der Waals surface area contributed by atoms with Gasteiger partial charge in [-0.25, -0.2) is 0 Å². The highest BCUT2D eigenvalue weighted by atomic mass is 16.2. The molecule has 3 atom stereocenters. The van der Waals surface area contributed by atoms with Crippen LogP contribution in [-0.4, -0.2) is 60.2 Å². The van der Waals surface area contributed by atoms with Crippen LogP contribution < -0.4 is 5.32 Å². The first-order chi connectivity index (χ1) is 15.5. The van der Waals surface area contributed by atoms with Gasteiger partial charge in [0.15, 0.2) is 0 Å². The minimum atomic E-state index is -0.686. The summed E-state index contributed by atoms with van der Waals surface area (Å²) in [6.45, 7) is 18.2. The van der Waals surface area contributed by atoms with Gasteiger partial charge >= 0.3 is 0 Å². The summed E-state index contributed by atoms with van der Waals surface area (Å²) in [5, 5.41) is 3.12. The Morgan fingerprint density at radius 1 is 0.971 bits per heavy atom. The molecule has 34 heavy (non-hydrogen) atoms. The van der Waals surface area contributed by atoms with Gasteiger partial charge in [0.2, 0.25) is 17.7 Å². The van der Waals surface area contributed by atoms with Gasteiger partial charge in [0.25, 0.3) is 0 Å². The second-order valence-corrected chi connectivity index (χ2v) is 11.5. The number of hydrogen-bond acceptors (Lipinski definition) is 3. The molecule has 0 aliphatic rings. The molecule has 192 valence electrons. The Kier molecular flexibility index (Phi) is 10.3. The molecule has 0 radical (unpaired) electrons. The molecule has 6 heteroatoms. The molecule has 0 saturated carbocycles. The summed E-state index contributed by atoms with van der Waals surface area (Å²) in [7, 11) is 3.52. The number of nitrogens with zero attached hydrogens (tertiary/aromatic N) is 2. The summed E-state index contributed by atoms with van der Waals surface area (Å²) in [4.78, 5) is 42.5. The van der Waals surface area contributed by atoms with Crippen LogP contribution in [0.3, 0.4) is 0 Å². The van der Waals surface area contributed by atoms with Crippen molar-refractivity contribution in [2.24, 2.45) is 17.3 Å². The highest BCUT2D eigenvalue weighted by molar-refractivity contribution is 5.90. The molecule has 6 nitrogen and oxygen atoms in total.